The lowest BCUT2D eigenvalue weighted by Crippen LogP contribution is -2.57. The fourth-order valence-electron chi connectivity index (χ4n) is 2.48. The van der Waals surface area contributed by atoms with E-state index in [1.807, 2.05) is 37.3 Å². The minimum Gasteiger partial charge on any atom is -0.379 e. The highest BCUT2D eigenvalue weighted by molar-refractivity contribution is 5.65. The molecule has 1 aromatic carbocycles. The zero-order chi connectivity index (χ0) is 13.0. The second kappa shape index (κ2) is 5.61. The number of morpholine rings is 1. The summed E-state index contributed by atoms with van der Waals surface area (Å²) in [7, 11) is 1.57. The van der Waals surface area contributed by atoms with Gasteiger partial charge in [0.1, 0.15) is 0 Å². The first kappa shape index (κ1) is 13.2. The second-order valence-corrected chi connectivity index (χ2v) is 4.50. The van der Waals surface area contributed by atoms with Crippen molar-refractivity contribution in [1.29, 1.82) is 0 Å². The predicted molar refractivity (Wildman–Crippen MR) is 68.2 cm³/mol. The summed E-state index contributed by atoms with van der Waals surface area (Å²) in [4.78, 5) is 13.8. The fraction of sp³-hybridized carbons (Fsp3) is 0.500. The van der Waals surface area contributed by atoms with E-state index >= 15 is 0 Å². The highest BCUT2D eigenvalue weighted by Crippen LogP contribution is 2.30. The Bertz CT molecular complexity index is 395. The molecule has 0 saturated carbocycles. The molecule has 18 heavy (non-hydrogen) atoms. The fourth-order valence-corrected chi connectivity index (χ4v) is 2.48. The average molecular weight is 249 g/mol. The van der Waals surface area contributed by atoms with Crippen molar-refractivity contribution in [1.82, 2.24) is 4.90 Å². The van der Waals surface area contributed by atoms with Gasteiger partial charge in [0, 0.05) is 25.3 Å². The summed E-state index contributed by atoms with van der Waals surface area (Å²) in [6, 6.07) is 9.73. The maximum Gasteiger partial charge on any atom is 0.204 e. The lowest BCUT2D eigenvalue weighted by molar-refractivity contribution is -0.184. The van der Waals surface area contributed by atoms with Gasteiger partial charge in [-0.25, -0.2) is 0 Å². The van der Waals surface area contributed by atoms with Gasteiger partial charge in [-0.05, 0) is 6.92 Å². The van der Waals surface area contributed by atoms with Crippen LogP contribution in [0, 0.1) is 0 Å². The van der Waals surface area contributed by atoms with Crippen LogP contribution in [0.3, 0.4) is 0 Å². The lowest BCUT2D eigenvalue weighted by atomic mass is 9.99. The van der Waals surface area contributed by atoms with E-state index in [9.17, 15) is 4.79 Å². The maximum atomic E-state index is 11.7. The lowest BCUT2D eigenvalue weighted by Gasteiger charge is -2.44. The molecule has 0 amide bonds. The van der Waals surface area contributed by atoms with Gasteiger partial charge in [0.2, 0.25) is 5.72 Å². The highest BCUT2D eigenvalue weighted by atomic mass is 16.5. The largest absolute Gasteiger partial charge is 0.379 e. The van der Waals surface area contributed by atoms with Crippen molar-refractivity contribution in [2.24, 2.45) is 0 Å². The minimum atomic E-state index is -1.01. The smallest absolute Gasteiger partial charge is 0.204 e. The Morgan fingerprint density at radius 3 is 2.72 bits per heavy atom. The van der Waals surface area contributed by atoms with E-state index in [-0.39, 0.29) is 6.04 Å². The van der Waals surface area contributed by atoms with Gasteiger partial charge in [0.15, 0.2) is 6.29 Å². The number of rotatable bonds is 4. The molecule has 98 valence electrons. The summed E-state index contributed by atoms with van der Waals surface area (Å²) in [5, 5.41) is 0. The predicted octanol–water partition coefficient (Wildman–Crippen LogP) is 1.41. The van der Waals surface area contributed by atoms with Crippen LogP contribution in [-0.4, -0.2) is 44.1 Å². The van der Waals surface area contributed by atoms with Gasteiger partial charge in [-0.3, -0.25) is 9.69 Å². The monoisotopic (exact) mass is 249 g/mol. The molecule has 1 aliphatic rings. The quantitative estimate of drug-likeness (QED) is 0.756. The summed E-state index contributed by atoms with van der Waals surface area (Å²) in [5.74, 6) is 0. The molecule has 0 bridgehead atoms. The molecule has 4 heteroatoms. The molecule has 2 rings (SSSR count). The number of carbonyl (C=O) groups is 1. The zero-order valence-electron chi connectivity index (χ0n) is 10.8. The maximum absolute atomic E-state index is 11.7. The van der Waals surface area contributed by atoms with Crippen LogP contribution >= 0.6 is 0 Å². The molecule has 0 spiro atoms. The van der Waals surface area contributed by atoms with Crippen LogP contribution in [0.5, 0.6) is 0 Å². The SMILES string of the molecule is CO[C@](C=O)(c1ccccc1)N1CCOC[C@@H]1C. The van der Waals surface area contributed by atoms with Crippen LogP contribution < -0.4 is 0 Å². The molecule has 1 heterocycles. The van der Waals surface area contributed by atoms with Gasteiger partial charge >= 0.3 is 0 Å². The van der Waals surface area contributed by atoms with Gasteiger partial charge in [-0.15, -0.1) is 0 Å². The Balaban J connectivity index is 2.40. The molecular formula is C14H19NO3. The number of hydrogen-bond donors (Lipinski definition) is 0. The normalized spacial score (nSPS) is 24.4. The van der Waals surface area contributed by atoms with Crippen molar-refractivity contribution < 1.29 is 14.3 Å². The first-order valence-electron chi connectivity index (χ1n) is 6.16. The number of aldehydes is 1. The average Bonchev–Trinajstić information content (AvgIpc) is 2.44. The van der Waals surface area contributed by atoms with Gasteiger partial charge < -0.3 is 9.47 Å². The van der Waals surface area contributed by atoms with E-state index in [0.717, 1.165) is 11.8 Å². The molecule has 0 aromatic heterocycles. The standard InChI is InChI=1S/C14H19NO3/c1-12-10-18-9-8-15(12)14(11-16,17-2)13-6-4-3-5-7-13/h3-7,11-12H,8-10H2,1-2H3/t12-,14+/m0/s1. The van der Waals surface area contributed by atoms with Crippen molar-refractivity contribution in [3.63, 3.8) is 0 Å². The molecule has 1 aromatic rings. The number of methoxy groups -OCH3 is 1. The zero-order valence-corrected chi connectivity index (χ0v) is 10.8. The Kier molecular flexibility index (Phi) is 4.11. The van der Waals surface area contributed by atoms with Gasteiger partial charge in [-0.1, -0.05) is 30.3 Å². The summed E-state index contributed by atoms with van der Waals surface area (Å²) in [6.07, 6.45) is 0.879. The number of carbonyl (C=O) groups excluding carboxylic acids is 1. The molecule has 1 fully saturated rings. The van der Waals surface area contributed by atoms with E-state index in [2.05, 4.69) is 4.90 Å². The van der Waals surface area contributed by atoms with E-state index < -0.39 is 5.72 Å². The molecule has 0 radical (unpaired) electrons. The number of hydrogen-bond acceptors (Lipinski definition) is 4. The molecular weight excluding hydrogens is 230 g/mol. The first-order valence-corrected chi connectivity index (χ1v) is 6.16. The molecule has 2 atom stereocenters. The molecule has 4 nitrogen and oxygen atoms in total. The van der Waals surface area contributed by atoms with Crippen LogP contribution in [0.4, 0.5) is 0 Å². The molecule has 1 aliphatic heterocycles. The van der Waals surface area contributed by atoms with Crippen molar-refractivity contribution in [3.8, 4) is 0 Å². The van der Waals surface area contributed by atoms with Crippen LogP contribution in [0.25, 0.3) is 0 Å². The third-order valence-electron chi connectivity index (χ3n) is 3.45. The van der Waals surface area contributed by atoms with Crippen LogP contribution in [0.1, 0.15) is 12.5 Å². The Hall–Kier alpha value is -1.23. The van der Waals surface area contributed by atoms with Gasteiger partial charge in [0.25, 0.3) is 0 Å². The van der Waals surface area contributed by atoms with E-state index in [1.54, 1.807) is 7.11 Å². The van der Waals surface area contributed by atoms with Crippen molar-refractivity contribution in [2.75, 3.05) is 26.9 Å². The Morgan fingerprint density at radius 2 is 2.17 bits per heavy atom. The molecule has 0 N–H and O–H groups in total. The van der Waals surface area contributed by atoms with Crippen molar-refractivity contribution in [3.05, 3.63) is 35.9 Å². The summed E-state index contributed by atoms with van der Waals surface area (Å²) >= 11 is 0. The van der Waals surface area contributed by atoms with Crippen LogP contribution in [0.15, 0.2) is 30.3 Å². The number of benzene rings is 1. The van der Waals surface area contributed by atoms with E-state index in [4.69, 9.17) is 9.47 Å². The van der Waals surface area contributed by atoms with Crippen molar-refractivity contribution >= 4 is 6.29 Å². The molecule has 0 unspecified atom stereocenters. The molecule has 0 aliphatic carbocycles. The highest BCUT2D eigenvalue weighted by Gasteiger charge is 2.42. The second-order valence-electron chi connectivity index (χ2n) is 4.50. The number of ether oxygens (including phenoxy) is 2. The topological polar surface area (TPSA) is 38.8 Å². The van der Waals surface area contributed by atoms with E-state index in [0.29, 0.717) is 19.8 Å². The first-order chi connectivity index (χ1) is 8.74. The summed E-state index contributed by atoms with van der Waals surface area (Å²) < 4.78 is 11.0. The van der Waals surface area contributed by atoms with Crippen molar-refractivity contribution in [2.45, 2.75) is 18.7 Å². The van der Waals surface area contributed by atoms with Gasteiger partial charge in [-0.2, -0.15) is 0 Å². The minimum absolute atomic E-state index is 0.143. The third-order valence-corrected chi connectivity index (χ3v) is 3.45. The Morgan fingerprint density at radius 1 is 1.44 bits per heavy atom. The van der Waals surface area contributed by atoms with Crippen LogP contribution in [-0.2, 0) is 20.0 Å². The van der Waals surface area contributed by atoms with E-state index in [1.165, 1.54) is 0 Å². The van der Waals surface area contributed by atoms with Crippen LogP contribution in [0.2, 0.25) is 0 Å². The summed E-state index contributed by atoms with van der Waals surface area (Å²) in [6.45, 7) is 3.96. The number of nitrogens with zero attached hydrogens (tertiary/aromatic N) is 1. The van der Waals surface area contributed by atoms with Gasteiger partial charge in [0.05, 0.1) is 13.2 Å². The Labute approximate surface area is 107 Å². The molecule has 1 saturated heterocycles. The third kappa shape index (κ3) is 2.19. The summed E-state index contributed by atoms with van der Waals surface area (Å²) in [5.41, 5.74) is -0.152.